The Labute approximate surface area is 111 Å². The summed E-state index contributed by atoms with van der Waals surface area (Å²) in [4.78, 5) is 12.7. The molecule has 1 amide bonds. The zero-order valence-electron chi connectivity index (χ0n) is 9.70. The van der Waals surface area contributed by atoms with Gasteiger partial charge in [-0.1, -0.05) is 18.2 Å². The van der Waals surface area contributed by atoms with Crippen LogP contribution in [0.5, 0.6) is 0 Å². The topological polar surface area (TPSA) is 29.1 Å². The van der Waals surface area contributed by atoms with Gasteiger partial charge in [0.1, 0.15) is 0 Å². The molecule has 0 unspecified atom stereocenters. The minimum atomic E-state index is -4.53. The van der Waals surface area contributed by atoms with E-state index in [-0.39, 0.29) is 12.1 Å². The molecule has 6 heteroatoms. The van der Waals surface area contributed by atoms with Crippen molar-refractivity contribution in [1.29, 1.82) is 0 Å². The Morgan fingerprint density at radius 2 is 1.89 bits per heavy atom. The lowest BCUT2D eigenvalue weighted by molar-refractivity contribution is -0.137. The van der Waals surface area contributed by atoms with E-state index in [9.17, 15) is 18.0 Å². The highest BCUT2D eigenvalue weighted by molar-refractivity contribution is 7.09. The van der Waals surface area contributed by atoms with E-state index in [2.05, 4.69) is 5.32 Å². The van der Waals surface area contributed by atoms with Gasteiger partial charge < -0.3 is 5.32 Å². The van der Waals surface area contributed by atoms with Gasteiger partial charge in [-0.25, -0.2) is 0 Å². The van der Waals surface area contributed by atoms with Crippen molar-refractivity contribution in [2.24, 2.45) is 0 Å². The molecule has 0 aliphatic heterocycles. The molecule has 1 heterocycles. The summed E-state index contributed by atoms with van der Waals surface area (Å²) in [7, 11) is 0. The van der Waals surface area contributed by atoms with Crippen LogP contribution in [-0.4, -0.2) is 5.91 Å². The minimum Gasteiger partial charge on any atom is -0.347 e. The number of thiophene rings is 1. The first-order valence-corrected chi connectivity index (χ1v) is 6.33. The Hall–Kier alpha value is -1.82. The van der Waals surface area contributed by atoms with Crippen molar-refractivity contribution in [3.8, 4) is 0 Å². The molecule has 0 aliphatic carbocycles. The molecule has 0 saturated heterocycles. The van der Waals surface area contributed by atoms with Crippen LogP contribution in [0, 0.1) is 0 Å². The molecule has 0 bridgehead atoms. The predicted octanol–water partition coefficient (Wildman–Crippen LogP) is 3.70. The Morgan fingerprint density at radius 3 is 2.53 bits per heavy atom. The second kappa shape index (κ2) is 5.44. The van der Waals surface area contributed by atoms with E-state index in [1.807, 2.05) is 11.4 Å². The number of benzene rings is 1. The molecule has 2 rings (SSSR count). The first kappa shape index (κ1) is 13.6. The molecular weight excluding hydrogens is 275 g/mol. The van der Waals surface area contributed by atoms with E-state index in [1.165, 1.54) is 29.5 Å². The Morgan fingerprint density at radius 1 is 1.16 bits per heavy atom. The summed E-state index contributed by atoms with van der Waals surface area (Å²) in [5.74, 6) is -0.721. The second-order valence-corrected chi connectivity index (χ2v) is 4.84. The predicted molar refractivity (Wildman–Crippen MR) is 66.9 cm³/mol. The van der Waals surface area contributed by atoms with Crippen LogP contribution >= 0.6 is 11.3 Å². The lowest BCUT2D eigenvalue weighted by atomic mass is 10.1. The molecule has 0 fully saturated rings. The van der Waals surface area contributed by atoms with Crippen molar-refractivity contribution < 1.29 is 18.0 Å². The molecule has 0 aliphatic rings. The third-order valence-corrected chi connectivity index (χ3v) is 3.36. The van der Waals surface area contributed by atoms with E-state index >= 15 is 0 Å². The van der Waals surface area contributed by atoms with Crippen molar-refractivity contribution in [1.82, 2.24) is 5.32 Å². The Bertz CT molecular complexity index is 564. The highest BCUT2D eigenvalue weighted by atomic mass is 32.1. The molecule has 100 valence electrons. The number of hydrogen-bond donors (Lipinski definition) is 1. The summed E-state index contributed by atoms with van der Waals surface area (Å²) in [5.41, 5.74) is -1.27. The van der Waals surface area contributed by atoms with Gasteiger partial charge in [-0.05, 0) is 23.6 Å². The fourth-order valence-electron chi connectivity index (χ4n) is 1.60. The average molecular weight is 285 g/mol. The number of carbonyl (C=O) groups is 1. The first-order chi connectivity index (χ1) is 8.98. The van der Waals surface area contributed by atoms with E-state index in [0.717, 1.165) is 10.9 Å². The number of nitrogens with one attached hydrogen (secondary N) is 1. The van der Waals surface area contributed by atoms with Crippen molar-refractivity contribution in [3.63, 3.8) is 0 Å². The van der Waals surface area contributed by atoms with E-state index in [1.54, 1.807) is 6.07 Å². The van der Waals surface area contributed by atoms with Gasteiger partial charge in [0.15, 0.2) is 0 Å². The van der Waals surface area contributed by atoms with E-state index in [0.29, 0.717) is 0 Å². The molecule has 0 radical (unpaired) electrons. The second-order valence-electron chi connectivity index (χ2n) is 3.81. The maximum atomic E-state index is 12.7. The summed E-state index contributed by atoms with van der Waals surface area (Å²) in [6, 6.07) is 8.37. The third kappa shape index (κ3) is 3.35. The van der Waals surface area contributed by atoms with Gasteiger partial charge in [-0.15, -0.1) is 11.3 Å². The van der Waals surface area contributed by atoms with Gasteiger partial charge >= 0.3 is 6.18 Å². The maximum absolute atomic E-state index is 12.7. The molecule has 0 atom stereocenters. The number of halogens is 3. The summed E-state index contributed by atoms with van der Waals surface area (Å²) in [6.45, 7) is 0.225. The quantitative estimate of drug-likeness (QED) is 0.915. The first-order valence-electron chi connectivity index (χ1n) is 5.45. The van der Waals surface area contributed by atoms with E-state index < -0.39 is 17.6 Å². The van der Waals surface area contributed by atoms with Gasteiger partial charge in [0.25, 0.3) is 5.91 Å². The lowest BCUT2D eigenvalue weighted by Crippen LogP contribution is -2.25. The highest BCUT2D eigenvalue weighted by Gasteiger charge is 2.34. The number of carbonyl (C=O) groups excluding carboxylic acids is 1. The number of alkyl halides is 3. The zero-order valence-corrected chi connectivity index (χ0v) is 10.5. The molecule has 1 N–H and O–H groups in total. The van der Waals surface area contributed by atoms with Crippen LogP contribution < -0.4 is 5.32 Å². The Kier molecular flexibility index (Phi) is 3.90. The molecular formula is C13H10F3NOS. The molecule has 1 aromatic heterocycles. The molecule has 19 heavy (non-hydrogen) atoms. The van der Waals surface area contributed by atoms with Gasteiger partial charge in [-0.2, -0.15) is 13.2 Å². The van der Waals surface area contributed by atoms with Crippen molar-refractivity contribution in [2.45, 2.75) is 12.7 Å². The van der Waals surface area contributed by atoms with Gasteiger partial charge in [0, 0.05) is 4.88 Å². The maximum Gasteiger partial charge on any atom is 0.417 e. The van der Waals surface area contributed by atoms with Crippen LogP contribution in [-0.2, 0) is 12.7 Å². The molecule has 0 saturated carbocycles. The average Bonchev–Trinajstić information content (AvgIpc) is 2.88. The van der Waals surface area contributed by atoms with Crippen molar-refractivity contribution in [3.05, 3.63) is 57.8 Å². The van der Waals surface area contributed by atoms with Crippen molar-refractivity contribution >= 4 is 17.2 Å². The highest BCUT2D eigenvalue weighted by Crippen LogP contribution is 2.31. The van der Waals surface area contributed by atoms with Crippen LogP contribution in [0.2, 0.25) is 0 Å². The van der Waals surface area contributed by atoms with Crippen LogP contribution in [0.1, 0.15) is 20.8 Å². The van der Waals surface area contributed by atoms with Crippen LogP contribution in [0.3, 0.4) is 0 Å². The van der Waals surface area contributed by atoms with Crippen LogP contribution in [0.4, 0.5) is 13.2 Å². The number of rotatable bonds is 3. The lowest BCUT2D eigenvalue weighted by Gasteiger charge is -2.12. The molecule has 0 spiro atoms. The fraction of sp³-hybridized carbons (Fsp3) is 0.154. The number of hydrogen-bond acceptors (Lipinski definition) is 2. The summed E-state index contributed by atoms with van der Waals surface area (Å²) >= 11 is 1.43. The van der Waals surface area contributed by atoms with Gasteiger partial charge in [0.05, 0.1) is 17.7 Å². The zero-order chi connectivity index (χ0) is 13.9. The number of amides is 1. The van der Waals surface area contributed by atoms with Crippen LogP contribution in [0.25, 0.3) is 0 Å². The standard InChI is InChI=1S/C13H10F3NOS/c14-13(15,16)11-6-2-1-5-10(11)12(18)17-8-9-4-3-7-19-9/h1-7H,8H2,(H,17,18). The smallest absolute Gasteiger partial charge is 0.347 e. The van der Waals surface area contributed by atoms with E-state index in [4.69, 9.17) is 0 Å². The molecule has 2 aromatic rings. The monoisotopic (exact) mass is 285 g/mol. The normalized spacial score (nSPS) is 11.3. The van der Waals surface area contributed by atoms with Crippen LogP contribution in [0.15, 0.2) is 41.8 Å². The summed E-state index contributed by atoms with van der Waals surface area (Å²) in [6.07, 6.45) is -4.53. The largest absolute Gasteiger partial charge is 0.417 e. The SMILES string of the molecule is O=C(NCc1cccs1)c1ccccc1C(F)(F)F. The summed E-state index contributed by atoms with van der Waals surface area (Å²) in [5, 5.41) is 4.32. The van der Waals surface area contributed by atoms with Crippen molar-refractivity contribution in [2.75, 3.05) is 0 Å². The Balaban J connectivity index is 2.15. The molecule has 2 nitrogen and oxygen atoms in total. The van der Waals surface area contributed by atoms with Gasteiger partial charge in [-0.3, -0.25) is 4.79 Å². The summed E-state index contributed by atoms with van der Waals surface area (Å²) < 4.78 is 38.2. The van der Waals surface area contributed by atoms with Gasteiger partial charge in [0.2, 0.25) is 0 Å². The molecule has 1 aromatic carbocycles. The minimum absolute atomic E-state index is 0.225. The fourth-order valence-corrected chi connectivity index (χ4v) is 2.25. The third-order valence-electron chi connectivity index (χ3n) is 2.48.